The van der Waals surface area contributed by atoms with Gasteiger partial charge in [0.25, 0.3) is 17.7 Å². The van der Waals surface area contributed by atoms with Crippen molar-refractivity contribution in [3.63, 3.8) is 0 Å². The Balaban J connectivity index is 1.49. The normalized spacial score (nSPS) is 13.9. The molecular weight excluding hydrogens is 364 g/mol. The molecule has 0 radical (unpaired) electrons. The zero-order chi connectivity index (χ0) is 20.5. The lowest BCUT2D eigenvalue weighted by molar-refractivity contribution is 0.0693. The number of fused-ring (bicyclic) bond motifs is 1. The van der Waals surface area contributed by atoms with Gasteiger partial charge in [-0.15, -0.1) is 0 Å². The number of benzene rings is 3. The van der Waals surface area contributed by atoms with Gasteiger partial charge in [-0.05, 0) is 41.8 Å². The van der Waals surface area contributed by atoms with Gasteiger partial charge in [0.15, 0.2) is 0 Å². The first-order chi connectivity index (χ1) is 14.0. The minimum atomic E-state index is -0.385. The number of hydrogen-bond acceptors (Lipinski definition) is 3. The van der Waals surface area contributed by atoms with Crippen LogP contribution in [-0.4, -0.2) is 29.7 Å². The number of amides is 3. The summed E-state index contributed by atoms with van der Waals surface area (Å²) in [7, 11) is 1.44. The van der Waals surface area contributed by atoms with Gasteiger partial charge in [-0.2, -0.15) is 0 Å². The lowest BCUT2D eigenvalue weighted by Crippen LogP contribution is -2.27. The van der Waals surface area contributed by atoms with Gasteiger partial charge in [-0.25, -0.2) is 0 Å². The molecule has 1 unspecified atom stereocenters. The van der Waals surface area contributed by atoms with Crippen molar-refractivity contribution in [3.05, 3.63) is 95.1 Å². The molecule has 144 valence electrons. The van der Waals surface area contributed by atoms with E-state index in [9.17, 15) is 14.4 Å². The Morgan fingerprint density at radius 1 is 0.828 bits per heavy atom. The maximum Gasteiger partial charge on any atom is 0.261 e. The fourth-order valence-corrected chi connectivity index (χ4v) is 3.46. The number of nitrogens with zero attached hydrogens (tertiary/aromatic N) is 1. The SMILES string of the molecule is CC(NC(=O)c1ccc2c(c1)C(=O)N(C)C2=O)c1ccc(-c2ccccc2)cc1. The van der Waals surface area contributed by atoms with E-state index in [4.69, 9.17) is 0 Å². The third-order valence-corrected chi connectivity index (χ3v) is 5.22. The molecule has 0 saturated heterocycles. The van der Waals surface area contributed by atoms with Crippen molar-refractivity contribution in [2.24, 2.45) is 0 Å². The van der Waals surface area contributed by atoms with E-state index >= 15 is 0 Å². The topological polar surface area (TPSA) is 66.5 Å². The summed E-state index contributed by atoms with van der Waals surface area (Å²) in [5.41, 5.74) is 4.18. The summed E-state index contributed by atoms with van der Waals surface area (Å²) in [6.07, 6.45) is 0. The summed E-state index contributed by atoms with van der Waals surface area (Å²) >= 11 is 0. The summed E-state index contributed by atoms with van der Waals surface area (Å²) in [4.78, 5) is 37.9. The molecule has 5 nitrogen and oxygen atoms in total. The first kappa shape index (κ1) is 18.6. The van der Waals surface area contributed by atoms with Crippen molar-refractivity contribution in [3.8, 4) is 11.1 Å². The zero-order valence-corrected chi connectivity index (χ0v) is 16.2. The quantitative estimate of drug-likeness (QED) is 0.690. The maximum atomic E-state index is 12.7. The maximum absolute atomic E-state index is 12.7. The minimum absolute atomic E-state index is 0.208. The van der Waals surface area contributed by atoms with Gasteiger partial charge in [0.2, 0.25) is 0 Å². The van der Waals surface area contributed by atoms with Gasteiger partial charge in [0.05, 0.1) is 17.2 Å². The molecule has 0 bridgehead atoms. The van der Waals surface area contributed by atoms with Crippen LogP contribution >= 0.6 is 0 Å². The average Bonchev–Trinajstić information content (AvgIpc) is 2.98. The Labute approximate surface area is 169 Å². The molecule has 0 saturated carbocycles. The second-order valence-corrected chi connectivity index (χ2v) is 7.11. The second kappa shape index (κ2) is 7.36. The van der Waals surface area contributed by atoms with Crippen molar-refractivity contribution < 1.29 is 14.4 Å². The highest BCUT2D eigenvalue weighted by atomic mass is 16.2. The van der Waals surface area contributed by atoms with E-state index in [1.54, 1.807) is 6.07 Å². The number of nitrogens with one attached hydrogen (secondary N) is 1. The van der Waals surface area contributed by atoms with E-state index in [0.29, 0.717) is 11.1 Å². The average molecular weight is 384 g/mol. The molecule has 4 rings (SSSR count). The number of carbonyl (C=O) groups excluding carboxylic acids is 3. The third kappa shape index (κ3) is 3.43. The summed E-state index contributed by atoms with van der Waals surface area (Å²) in [6.45, 7) is 1.91. The molecule has 0 aromatic heterocycles. The van der Waals surface area contributed by atoms with Crippen LogP contribution in [0.3, 0.4) is 0 Å². The number of imide groups is 1. The molecule has 0 spiro atoms. The van der Waals surface area contributed by atoms with Crippen molar-refractivity contribution in [2.75, 3.05) is 7.05 Å². The van der Waals surface area contributed by atoms with Gasteiger partial charge in [0, 0.05) is 12.6 Å². The largest absolute Gasteiger partial charge is 0.346 e. The van der Waals surface area contributed by atoms with Gasteiger partial charge in [0.1, 0.15) is 0 Å². The van der Waals surface area contributed by atoms with Crippen molar-refractivity contribution in [1.82, 2.24) is 10.2 Å². The van der Waals surface area contributed by atoms with Crippen LogP contribution in [0.5, 0.6) is 0 Å². The molecule has 0 aliphatic carbocycles. The van der Waals surface area contributed by atoms with E-state index in [1.165, 1.54) is 19.2 Å². The number of carbonyl (C=O) groups is 3. The summed E-state index contributed by atoms with van der Waals surface area (Å²) in [6, 6.07) is 22.5. The lowest BCUT2D eigenvalue weighted by atomic mass is 10.0. The Morgan fingerprint density at radius 3 is 2.14 bits per heavy atom. The highest BCUT2D eigenvalue weighted by molar-refractivity contribution is 6.21. The molecule has 1 atom stereocenters. The predicted molar refractivity (Wildman–Crippen MR) is 111 cm³/mol. The highest BCUT2D eigenvalue weighted by Gasteiger charge is 2.33. The molecule has 29 heavy (non-hydrogen) atoms. The Bertz CT molecular complexity index is 1100. The monoisotopic (exact) mass is 384 g/mol. The van der Waals surface area contributed by atoms with Crippen molar-refractivity contribution in [1.29, 1.82) is 0 Å². The van der Waals surface area contributed by atoms with Crippen LogP contribution in [0.15, 0.2) is 72.8 Å². The predicted octanol–water partition coefficient (Wildman–Crippen LogP) is 4.07. The molecule has 0 fully saturated rings. The summed E-state index contributed by atoms with van der Waals surface area (Å²) in [5, 5.41) is 2.95. The van der Waals surface area contributed by atoms with Crippen LogP contribution in [0, 0.1) is 0 Å². The zero-order valence-electron chi connectivity index (χ0n) is 16.2. The van der Waals surface area contributed by atoms with E-state index in [1.807, 2.05) is 49.4 Å². The molecule has 5 heteroatoms. The number of hydrogen-bond donors (Lipinski definition) is 1. The second-order valence-electron chi connectivity index (χ2n) is 7.11. The Hall–Kier alpha value is -3.73. The van der Waals surface area contributed by atoms with E-state index in [-0.39, 0.29) is 29.3 Å². The summed E-state index contributed by atoms with van der Waals surface area (Å²) < 4.78 is 0. The molecular formula is C24H20N2O3. The third-order valence-electron chi connectivity index (χ3n) is 5.22. The standard InChI is InChI=1S/C24H20N2O3/c1-15(16-8-10-18(11-9-16)17-6-4-3-5-7-17)25-22(27)19-12-13-20-21(14-19)24(29)26(2)23(20)28/h3-15H,1-2H3,(H,25,27). The van der Waals surface area contributed by atoms with Crippen molar-refractivity contribution in [2.45, 2.75) is 13.0 Å². The Morgan fingerprint density at radius 2 is 1.45 bits per heavy atom. The van der Waals surface area contributed by atoms with E-state index < -0.39 is 0 Å². The molecule has 3 amide bonds. The molecule has 1 N–H and O–H groups in total. The molecule has 3 aromatic rings. The van der Waals surface area contributed by atoms with Crippen LogP contribution in [0.25, 0.3) is 11.1 Å². The molecule has 1 aliphatic rings. The van der Waals surface area contributed by atoms with Crippen LogP contribution in [0.4, 0.5) is 0 Å². The minimum Gasteiger partial charge on any atom is -0.346 e. The number of rotatable bonds is 4. The van der Waals surface area contributed by atoms with Crippen LogP contribution < -0.4 is 5.32 Å². The molecule has 3 aromatic carbocycles. The fourth-order valence-electron chi connectivity index (χ4n) is 3.46. The van der Waals surface area contributed by atoms with Crippen molar-refractivity contribution >= 4 is 17.7 Å². The first-order valence-electron chi connectivity index (χ1n) is 9.38. The lowest BCUT2D eigenvalue weighted by Gasteiger charge is -2.15. The van der Waals surface area contributed by atoms with Gasteiger partial charge >= 0.3 is 0 Å². The fraction of sp³-hybridized carbons (Fsp3) is 0.125. The van der Waals surface area contributed by atoms with Gasteiger partial charge in [-0.3, -0.25) is 19.3 Å². The molecule has 1 aliphatic heterocycles. The van der Waals surface area contributed by atoms with Crippen LogP contribution in [0.2, 0.25) is 0 Å². The highest BCUT2D eigenvalue weighted by Crippen LogP contribution is 2.24. The van der Waals surface area contributed by atoms with Gasteiger partial charge < -0.3 is 5.32 Å². The van der Waals surface area contributed by atoms with Gasteiger partial charge in [-0.1, -0.05) is 54.6 Å². The first-order valence-corrected chi connectivity index (χ1v) is 9.38. The van der Waals surface area contributed by atoms with E-state index in [0.717, 1.165) is 21.6 Å². The Kier molecular flexibility index (Phi) is 4.72. The van der Waals surface area contributed by atoms with Crippen LogP contribution in [0.1, 0.15) is 49.6 Å². The van der Waals surface area contributed by atoms with Crippen LogP contribution in [-0.2, 0) is 0 Å². The summed E-state index contributed by atoms with van der Waals surface area (Å²) in [5.74, 6) is -1.02. The molecule has 1 heterocycles. The smallest absolute Gasteiger partial charge is 0.261 e. The van der Waals surface area contributed by atoms with E-state index in [2.05, 4.69) is 17.4 Å².